The summed E-state index contributed by atoms with van der Waals surface area (Å²) in [5.41, 5.74) is 3.14. The molecule has 1 aliphatic heterocycles. The largest absolute Gasteiger partial charge is 0.324 e. The van der Waals surface area contributed by atoms with Gasteiger partial charge < -0.3 is 5.32 Å². The molecule has 0 saturated carbocycles. The van der Waals surface area contributed by atoms with Crippen LogP contribution in [0.4, 0.5) is 11.9 Å². The number of nitrogens with one attached hydrogen (secondary N) is 2. The lowest BCUT2D eigenvalue weighted by Gasteiger charge is -2.24. The number of benzene rings is 2. The highest BCUT2D eigenvalue weighted by Crippen LogP contribution is 2.32. The zero-order valence-corrected chi connectivity index (χ0v) is 14.4. The monoisotopic (exact) mass is 345 g/mol. The van der Waals surface area contributed by atoms with Gasteiger partial charge in [-0.1, -0.05) is 67.6 Å². The van der Waals surface area contributed by atoms with Crippen LogP contribution in [-0.2, 0) is 4.79 Å². The highest BCUT2D eigenvalue weighted by molar-refractivity contribution is 5.89. The first-order chi connectivity index (χ1) is 12.7. The number of hydrogen-bond acceptors (Lipinski definition) is 4. The Morgan fingerprint density at radius 1 is 1.12 bits per heavy atom. The Kier molecular flexibility index (Phi) is 4.23. The van der Waals surface area contributed by atoms with E-state index in [1.165, 1.54) is 0 Å². The molecule has 0 bridgehead atoms. The van der Waals surface area contributed by atoms with Gasteiger partial charge in [-0.25, -0.2) is 4.68 Å². The van der Waals surface area contributed by atoms with Crippen molar-refractivity contribution in [3.63, 3.8) is 0 Å². The van der Waals surface area contributed by atoms with Crippen LogP contribution in [0.1, 0.15) is 30.5 Å². The van der Waals surface area contributed by atoms with Crippen LogP contribution in [0.2, 0.25) is 0 Å². The van der Waals surface area contributed by atoms with Gasteiger partial charge in [0.1, 0.15) is 6.04 Å². The SMILES string of the molecule is CCC(=O)Nc1nc2n(n1)[C@H](c1ccccc1)C=C(c1ccccc1)N2. The minimum Gasteiger partial charge on any atom is -0.324 e. The molecule has 130 valence electrons. The van der Waals surface area contributed by atoms with E-state index in [-0.39, 0.29) is 11.9 Å². The Bertz CT molecular complexity index is 947. The molecule has 6 nitrogen and oxygen atoms in total. The summed E-state index contributed by atoms with van der Waals surface area (Å²) in [6, 6.07) is 20.1. The van der Waals surface area contributed by atoms with Crippen molar-refractivity contribution in [3.05, 3.63) is 77.9 Å². The van der Waals surface area contributed by atoms with E-state index in [0.717, 1.165) is 16.8 Å². The van der Waals surface area contributed by atoms with Crippen molar-refractivity contribution in [2.75, 3.05) is 10.6 Å². The summed E-state index contributed by atoms with van der Waals surface area (Å²) >= 11 is 0. The van der Waals surface area contributed by atoms with E-state index in [9.17, 15) is 4.79 Å². The number of allylic oxidation sites excluding steroid dienone is 1. The summed E-state index contributed by atoms with van der Waals surface area (Å²) in [5, 5.41) is 10.5. The van der Waals surface area contributed by atoms with Crippen LogP contribution < -0.4 is 10.6 Å². The Balaban J connectivity index is 1.77. The Morgan fingerprint density at radius 2 is 1.81 bits per heavy atom. The predicted molar refractivity (Wildman–Crippen MR) is 102 cm³/mol. The maximum absolute atomic E-state index is 11.7. The molecular formula is C20H19N5O. The van der Waals surface area contributed by atoms with Crippen molar-refractivity contribution >= 4 is 23.5 Å². The van der Waals surface area contributed by atoms with Crippen molar-refractivity contribution < 1.29 is 4.79 Å². The normalized spacial score (nSPS) is 15.6. The van der Waals surface area contributed by atoms with Gasteiger partial charge >= 0.3 is 0 Å². The molecule has 1 aliphatic rings. The van der Waals surface area contributed by atoms with Gasteiger partial charge in [-0.3, -0.25) is 10.1 Å². The fourth-order valence-corrected chi connectivity index (χ4v) is 2.93. The molecule has 2 heterocycles. The van der Waals surface area contributed by atoms with E-state index < -0.39 is 0 Å². The zero-order valence-electron chi connectivity index (χ0n) is 14.4. The Morgan fingerprint density at radius 3 is 2.50 bits per heavy atom. The molecule has 1 aromatic heterocycles. The topological polar surface area (TPSA) is 71.8 Å². The van der Waals surface area contributed by atoms with E-state index in [1.807, 2.05) is 48.5 Å². The number of aromatic nitrogens is 3. The molecule has 0 fully saturated rings. The average molecular weight is 345 g/mol. The van der Waals surface area contributed by atoms with Gasteiger partial charge in [0.2, 0.25) is 11.9 Å². The van der Waals surface area contributed by atoms with Crippen molar-refractivity contribution in [2.24, 2.45) is 0 Å². The van der Waals surface area contributed by atoms with Gasteiger partial charge in [0.25, 0.3) is 5.95 Å². The second kappa shape index (κ2) is 6.84. The van der Waals surface area contributed by atoms with Gasteiger partial charge in [0.15, 0.2) is 0 Å². The Hall–Kier alpha value is -3.41. The van der Waals surface area contributed by atoms with Gasteiger partial charge in [-0.05, 0) is 17.2 Å². The maximum atomic E-state index is 11.7. The van der Waals surface area contributed by atoms with Gasteiger partial charge in [0.05, 0.1) is 0 Å². The summed E-state index contributed by atoms with van der Waals surface area (Å²) in [6.07, 6.45) is 2.50. The number of carbonyl (C=O) groups is 1. The molecule has 0 saturated heterocycles. The van der Waals surface area contributed by atoms with Gasteiger partial charge in [-0.15, -0.1) is 5.10 Å². The molecule has 0 radical (unpaired) electrons. The molecular weight excluding hydrogens is 326 g/mol. The van der Waals surface area contributed by atoms with E-state index in [1.54, 1.807) is 11.6 Å². The summed E-state index contributed by atoms with van der Waals surface area (Å²) < 4.78 is 1.80. The summed E-state index contributed by atoms with van der Waals surface area (Å²) in [4.78, 5) is 16.2. The van der Waals surface area contributed by atoms with Crippen molar-refractivity contribution in [1.29, 1.82) is 0 Å². The number of anilines is 2. The fourth-order valence-electron chi connectivity index (χ4n) is 2.93. The maximum Gasteiger partial charge on any atom is 0.250 e. The molecule has 1 atom stereocenters. The third-order valence-corrected chi connectivity index (χ3v) is 4.26. The first kappa shape index (κ1) is 16.1. The van der Waals surface area contributed by atoms with Gasteiger partial charge in [-0.2, -0.15) is 4.98 Å². The number of fused-ring (bicyclic) bond motifs is 1. The van der Waals surface area contributed by atoms with Crippen molar-refractivity contribution in [3.8, 4) is 0 Å². The first-order valence-corrected chi connectivity index (χ1v) is 8.60. The van der Waals surface area contributed by atoms with Gasteiger partial charge in [0, 0.05) is 12.1 Å². The van der Waals surface area contributed by atoms with Crippen LogP contribution in [0.3, 0.4) is 0 Å². The first-order valence-electron chi connectivity index (χ1n) is 8.60. The van der Waals surface area contributed by atoms with Crippen LogP contribution in [-0.4, -0.2) is 20.7 Å². The molecule has 2 aromatic carbocycles. The molecule has 3 aromatic rings. The molecule has 6 heteroatoms. The van der Waals surface area contributed by atoms with Crippen LogP contribution >= 0.6 is 0 Å². The second-order valence-electron chi connectivity index (χ2n) is 6.03. The van der Waals surface area contributed by atoms with Crippen LogP contribution in [0, 0.1) is 0 Å². The summed E-state index contributed by atoms with van der Waals surface area (Å²) in [7, 11) is 0. The summed E-state index contributed by atoms with van der Waals surface area (Å²) in [5.74, 6) is 0.801. The number of amides is 1. The average Bonchev–Trinajstić information content (AvgIpc) is 3.10. The van der Waals surface area contributed by atoms with Crippen molar-refractivity contribution in [1.82, 2.24) is 14.8 Å². The zero-order chi connectivity index (χ0) is 17.9. The lowest BCUT2D eigenvalue weighted by atomic mass is 10.0. The lowest BCUT2D eigenvalue weighted by molar-refractivity contribution is -0.115. The van der Waals surface area contributed by atoms with Crippen molar-refractivity contribution in [2.45, 2.75) is 19.4 Å². The minimum absolute atomic E-state index is 0.109. The van der Waals surface area contributed by atoms with Crippen LogP contribution in [0.15, 0.2) is 66.7 Å². The predicted octanol–water partition coefficient (Wildman–Crippen LogP) is 3.68. The van der Waals surface area contributed by atoms with E-state index in [4.69, 9.17) is 0 Å². The highest BCUT2D eigenvalue weighted by Gasteiger charge is 2.25. The highest BCUT2D eigenvalue weighted by atomic mass is 16.1. The fraction of sp³-hybridized carbons (Fsp3) is 0.150. The number of nitrogens with zero attached hydrogens (tertiary/aromatic N) is 3. The third kappa shape index (κ3) is 3.09. The molecule has 0 spiro atoms. The number of hydrogen-bond donors (Lipinski definition) is 2. The molecule has 0 unspecified atom stereocenters. The van der Waals surface area contributed by atoms with Crippen LogP contribution in [0.5, 0.6) is 0 Å². The molecule has 2 N–H and O–H groups in total. The second-order valence-corrected chi connectivity index (χ2v) is 6.03. The van der Waals surface area contributed by atoms with Crippen LogP contribution in [0.25, 0.3) is 5.70 Å². The molecule has 0 aliphatic carbocycles. The minimum atomic E-state index is -0.111. The smallest absolute Gasteiger partial charge is 0.250 e. The van der Waals surface area contributed by atoms with E-state index in [2.05, 4.69) is 38.9 Å². The third-order valence-electron chi connectivity index (χ3n) is 4.26. The Labute approximate surface area is 151 Å². The molecule has 26 heavy (non-hydrogen) atoms. The number of rotatable bonds is 4. The molecule has 1 amide bonds. The molecule has 4 rings (SSSR count). The quantitative estimate of drug-likeness (QED) is 0.756. The number of carbonyl (C=O) groups excluding carboxylic acids is 1. The summed E-state index contributed by atoms with van der Waals surface area (Å²) in [6.45, 7) is 1.80. The lowest BCUT2D eigenvalue weighted by Crippen LogP contribution is -2.20. The van der Waals surface area contributed by atoms with E-state index in [0.29, 0.717) is 18.3 Å². The van der Waals surface area contributed by atoms with E-state index >= 15 is 0 Å². The standard InChI is InChI=1S/C20H19N5O/c1-2-18(26)22-19-23-20-21-16(14-9-5-3-6-10-14)13-17(25(20)24-19)15-11-7-4-8-12-15/h3-13,17H,2H2,1H3,(H2,21,22,23,24,26)/t17-/m0/s1.